The van der Waals surface area contributed by atoms with Gasteiger partial charge in [-0.1, -0.05) is 88.0 Å². The molecule has 53 heavy (non-hydrogen) atoms. The average Bonchev–Trinajstić information content (AvgIpc) is 3.18. The first-order valence-corrected chi connectivity index (χ1v) is 22.3. The maximum atomic E-state index is 12.9. The average molecular weight is 751 g/mol. The number of carbonyl (C=O) groups excluding carboxylic acids is 2. The SMILES string of the molecule is CCNC(=O)OCC(C)(CC)COCC(CC)(CC)CC1CCC(CC2CCC(NC(=O)OCC(CC)(CC)COCC(CC)(CC)CC)CC2)CC1. The van der Waals surface area contributed by atoms with Gasteiger partial charge in [0.25, 0.3) is 0 Å². The maximum Gasteiger partial charge on any atom is 0.407 e. The Bertz CT molecular complexity index is 985. The largest absolute Gasteiger partial charge is 0.449 e. The van der Waals surface area contributed by atoms with Crippen molar-refractivity contribution in [2.45, 2.75) is 191 Å². The van der Waals surface area contributed by atoms with E-state index in [0.29, 0.717) is 33.0 Å². The van der Waals surface area contributed by atoms with Crippen molar-refractivity contribution in [2.75, 3.05) is 46.2 Å². The van der Waals surface area contributed by atoms with Gasteiger partial charge in [0.15, 0.2) is 0 Å². The van der Waals surface area contributed by atoms with Crippen LogP contribution in [0.5, 0.6) is 0 Å². The van der Waals surface area contributed by atoms with Crippen molar-refractivity contribution >= 4 is 12.2 Å². The molecule has 0 aliphatic heterocycles. The molecule has 0 spiro atoms. The lowest BCUT2D eigenvalue weighted by atomic mass is 9.68. The van der Waals surface area contributed by atoms with Crippen LogP contribution in [0.4, 0.5) is 9.59 Å². The minimum absolute atomic E-state index is 0.126. The second-order valence-corrected chi connectivity index (χ2v) is 18.0. The summed E-state index contributed by atoms with van der Waals surface area (Å²) in [6.07, 6.45) is 20.3. The zero-order valence-electron chi connectivity index (χ0n) is 36.4. The third-order valence-corrected chi connectivity index (χ3v) is 14.7. The third kappa shape index (κ3) is 15.9. The molecule has 2 aliphatic carbocycles. The molecule has 1 unspecified atom stereocenters. The van der Waals surface area contributed by atoms with E-state index in [1.165, 1.54) is 51.4 Å². The molecule has 2 fully saturated rings. The van der Waals surface area contributed by atoms with E-state index >= 15 is 0 Å². The number of hydrogen-bond acceptors (Lipinski definition) is 6. The van der Waals surface area contributed by atoms with Crippen molar-refractivity contribution in [1.82, 2.24) is 10.6 Å². The second kappa shape index (κ2) is 24.2. The Kier molecular flexibility index (Phi) is 21.7. The zero-order chi connectivity index (χ0) is 39.4. The summed E-state index contributed by atoms with van der Waals surface area (Å²) in [5, 5.41) is 5.93. The topological polar surface area (TPSA) is 95.1 Å². The summed E-state index contributed by atoms with van der Waals surface area (Å²) in [6.45, 7) is 26.2. The molecule has 0 aromatic carbocycles. The molecule has 2 amide bonds. The number of ether oxygens (including phenoxy) is 4. The lowest BCUT2D eigenvalue weighted by Gasteiger charge is -2.39. The standard InChI is InChI=1S/C45H86N2O6/c1-11-42(10,31-52-40(48)46-19-9)30-50-33-44(15-5,16-6)29-38-22-20-36(21-23-38)28-37-24-26-39(27-25-37)47-41(49)53-35-45(17-7,18-8)34-51-32-43(12-2,13-3)14-4/h36-39H,11-35H2,1-10H3,(H,46,48)(H,47,49). The van der Waals surface area contributed by atoms with Crippen molar-refractivity contribution < 1.29 is 28.5 Å². The highest BCUT2D eigenvalue weighted by atomic mass is 16.6. The van der Waals surface area contributed by atoms with Gasteiger partial charge in [0.05, 0.1) is 26.4 Å². The molecule has 0 bridgehead atoms. The van der Waals surface area contributed by atoms with Crippen LogP contribution < -0.4 is 10.6 Å². The fraction of sp³-hybridized carbons (Fsp3) is 0.956. The van der Waals surface area contributed by atoms with Crippen molar-refractivity contribution in [3.05, 3.63) is 0 Å². The summed E-state index contributed by atoms with van der Waals surface area (Å²) < 4.78 is 24.1. The Hall–Kier alpha value is -1.54. The lowest BCUT2D eigenvalue weighted by molar-refractivity contribution is -0.0399. The molecule has 0 radical (unpaired) electrons. The van der Waals surface area contributed by atoms with Crippen LogP contribution >= 0.6 is 0 Å². The molecule has 0 aromatic rings. The van der Waals surface area contributed by atoms with Crippen molar-refractivity contribution in [3.63, 3.8) is 0 Å². The summed E-state index contributed by atoms with van der Waals surface area (Å²) in [4.78, 5) is 24.8. The second-order valence-electron chi connectivity index (χ2n) is 18.0. The van der Waals surface area contributed by atoms with E-state index in [-0.39, 0.29) is 39.9 Å². The predicted molar refractivity (Wildman–Crippen MR) is 219 cm³/mol. The highest BCUT2D eigenvalue weighted by Gasteiger charge is 2.36. The molecule has 0 saturated heterocycles. The van der Waals surface area contributed by atoms with Gasteiger partial charge in [-0.3, -0.25) is 0 Å². The molecule has 8 heteroatoms. The minimum Gasteiger partial charge on any atom is -0.449 e. The van der Waals surface area contributed by atoms with E-state index in [1.54, 1.807) is 0 Å². The molecular formula is C45H86N2O6. The first kappa shape index (κ1) is 47.6. The molecule has 8 nitrogen and oxygen atoms in total. The van der Waals surface area contributed by atoms with Crippen LogP contribution in [0.1, 0.15) is 185 Å². The fourth-order valence-electron chi connectivity index (χ4n) is 8.96. The van der Waals surface area contributed by atoms with Gasteiger partial charge in [0.1, 0.15) is 13.2 Å². The van der Waals surface area contributed by atoms with Gasteiger partial charge in [-0.2, -0.15) is 0 Å². The first-order chi connectivity index (χ1) is 25.4. The monoisotopic (exact) mass is 751 g/mol. The lowest BCUT2D eigenvalue weighted by Crippen LogP contribution is -2.41. The first-order valence-electron chi connectivity index (χ1n) is 22.3. The molecule has 0 heterocycles. The molecule has 312 valence electrons. The fourth-order valence-corrected chi connectivity index (χ4v) is 8.96. The van der Waals surface area contributed by atoms with Crippen LogP contribution in [-0.4, -0.2) is 64.4 Å². The Morgan fingerprint density at radius 3 is 1.47 bits per heavy atom. The molecule has 0 aromatic heterocycles. The summed E-state index contributed by atoms with van der Waals surface area (Å²) in [5.41, 5.74) is 0.166. The van der Waals surface area contributed by atoms with E-state index in [4.69, 9.17) is 18.9 Å². The summed E-state index contributed by atoms with van der Waals surface area (Å²) in [7, 11) is 0. The van der Waals surface area contributed by atoms with E-state index in [0.717, 1.165) is 95.2 Å². The van der Waals surface area contributed by atoms with Gasteiger partial charge < -0.3 is 29.6 Å². The predicted octanol–water partition coefficient (Wildman–Crippen LogP) is 11.9. The van der Waals surface area contributed by atoms with Gasteiger partial charge in [-0.15, -0.1) is 0 Å². The van der Waals surface area contributed by atoms with Crippen molar-refractivity contribution in [1.29, 1.82) is 0 Å². The van der Waals surface area contributed by atoms with Crippen LogP contribution in [-0.2, 0) is 18.9 Å². The highest BCUT2D eigenvalue weighted by molar-refractivity contribution is 5.67. The Morgan fingerprint density at radius 2 is 0.962 bits per heavy atom. The Morgan fingerprint density at radius 1 is 0.509 bits per heavy atom. The quantitative estimate of drug-likeness (QED) is 0.0914. The van der Waals surface area contributed by atoms with Gasteiger partial charge in [0.2, 0.25) is 0 Å². The number of rotatable bonds is 26. The Labute approximate surface area is 327 Å². The van der Waals surface area contributed by atoms with E-state index in [1.807, 2.05) is 6.92 Å². The van der Waals surface area contributed by atoms with Gasteiger partial charge in [-0.25, -0.2) is 9.59 Å². The zero-order valence-corrected chi connectivity index (χ0v) is 36.4. The molecule has 1 atom stereocenters. The van der Waals surface area contributed by atoms with Crippen LogP contribution in [0.15, 0.2) is 0 Å². The smallest absolute Gasteiger partial charge is 0.407 e. The number of carbonyl (C=O) groups is 2. The number of nitrogens with one attached hydrogen (secondary N) is 2. The van der Waals surface area contributed by atoms with Crippen LogP contribution in [0.25, 0.3) is 0 Å². The van der Waals surface area contributed by atoms with E-state index in [2.05, 4.69) is 72.9 Å². The minimum atomic E-state index is -0.346. The highest BCUT2D eigenvalue weighted by Crippen LogP contribution is 2.43. The molecule has 2 aliphatic rings. The third-order valence-electron chi connectivity index (χ3n) is 14.7. The summed E-state index contributed by atoms with van der Waals surface area (Å²) >= 11 is 0. The summed E-state index contributed by atoms with van der Waals surface area (Å²) in [5.74, 6) is 2.40. The Balaban J connectivity index is 1.73. The van der Waals surface area contributed by atoms with Crippen LogP contribution in [0, 0.1) is 39.4 Å². The van der Waals surface area contributed by atoms with Gasteiger partial charge in [0, 0.05) is 23.4 Å². The van der Waals surface area contributed by atoms with Crippen LogP contribution in [0.3, 0.4) is 0 Å². The molecular weight excluding hydrogens is 665 g/mol. The van der Waals surface area contributed by atoms with Crippen molar-refractivity contribution in [2.24, 2.45) is 39.4 Å². The van der Waals surface area contributed by atoms with Crippen LogP contribution in [0.2, 0.25) is 0 Å². The molecule has 2 saturated carbocycles. The summed E-state index contributed by atoms with van der Waals surface area (Å²) in [6, 6.07) is 0.226. The maximum absolute atomic E-state index is 12.9. The number of alkyl carbamates (subject to hydrolysis) is 2. The molecule has 2 rings (SSSR count). The normalized spacial score (nSPS) is 22.5. The van der Waals surface area contributed by atoms with E-state index < -0.39 is 0 Å². The molecule has 2 N–H and O–H groups in total. The number of hydrogen-bond donors (Lipinski definition) is 2. The van der Waals surface area contributed by atoms with E-state index in [9.17, 15) is 9.59 Å². The number of amides is 2. The van der Waals surface area contributed by atoms with Gasteiger partial charge in [-0.05, 0) is 125 Å². The van der Waals surface area contributed by atoms with Crippen molar-refractivity contribution in [3.8, 4) is 0 Å². The van der Waals surface area contributed by atoms with Gasteiger partial charge >= 0.3 is 12.2 Å².